The Bertz CT molecular complexity index is 3000. The summed E-state index contributed by atoms with van der Waals surface area (Å²) in [6.07, 6.45) is 0. The number of aromatic nitrogens is 3. The van der Waals surface area contributed by atoms with Crippen LogP contribution in [0.5, 0.6) is 0 Å². The highest BCUT2D eigenvalue weighted by Gasteiger charge is 2.19. The van der Waals surface area contributed by atoms with Crippen molar-refractivity contribution in [2.24, 2.45) is 0 Å². The van der Waals surface area contributed by atoms with Crippen LogP contribution >= 0.6 is 0 Å². The first-order valence-corrected chi connectivity index (χ1v) is 18.2. The normalized spacial score (nSPS) is 11.4. The lowest BCUT2D eigenvalue weighted by Crippen LogP contribution is -2.00. The fourth-order valence-electron chi connectivity index (χ4n) is 7.53. The van der Waals surface area contributed by atoms with Gasteiger partial charge < -0.3 is 4.42 Å². The number of nitrogens with zero attached hydrogens (tertiary/aromatic N) is 3. The molecule has 0 bridgehead atoms. The Labute approximate surface area is 313 Å². The van der Waals surface area contributed by atoms with Crippen molar-refractivity contribution in [3.8, 4) is 67.5 Å². The van der Waals surface area contributed by atoms with Crippen molar-refractivity contribution in [1.29, 1.82) is 0 Å². The number of benzene rings is 8. The van der Waals surface area contributed by atoms with E-state index in [4.69, 9.17) is 19.4 Å². The summed E-state index contributed by atoms with van der Waals surface area (Å²) in [5.41, 5.74) is 12.5. The molecule has 254 valence electrons. The molecule has 54 heavy (non-hydrogen) atoms. The van der Waals surface area contributed by atoms with Gasteiger partial charge in [-0.15, -0.1) is 0 Å². The molecule has 0 radical (unpaired) electrons. The molecular weight excluding hydrogens is 659 g/mol. The van der Waals surface area contributed by atoms with Gasteiger partial charge in [-0.25, -0.2) is 15.0 Å². The van der Waals surface area contributed by atoms with Gasteiger partial charge >= 0.3 is 0 Å². The third-order valence-electron chi connectivity index (χ3n) is 10.2. The Morgan fingerprint density at radius 1 is 0.352 bits per heavy atom. The molecule has 2 aromatic heterocycles. The molecule has 0 unspecified atom stereocenters. The van der Waals surface area contributed by atoms with Crippen LogP contribution in [0.1, 0.15) is 5.56 Å². The molecule has 0 atom stereocenters. The monoisotopic (exact) mass is 691 g/mol. The molecule has 0 spiro atoms. The van der Waals surface area contributed by atoms with E-state index in [1.54, 1.807) is 0 Å². The van der Waals surface area contributed by atoms with Gasteiger partial charge in [-0.05, 0) is 87.5 Å². The van der Waals surface area contributed by atoms with Crippen molar-refractivity contribution in [2.45, 2.75) is 6.92 Å². The summed E-state index contributed by atoms with van der Waals surface area (Å²) in [7, 11) is 0. The third-order valence-corrected chi connectivity index (χ3v) is 10.2. The third kappa shape index (κ3) is 5.71. The average molecular weight is 692 g/mol. The minimum atomic E-state index is 0.594. The van der Waals surface area contributed by atoms with Crippen LogP contribution in [0, 0.1) is 6.92 Å². The van der Waals surface area contributed by atoms with E-state index in [-0.39, 0.29) is 0 Å². The molecule has 0 aliphatic carbocycles. The van der Waals surface area contributed by atoms with Crippen molar-refractivity contribution < 1.29 is 4.42 Å². The van der Waals surface area contributed by atoms with Crippen LogP contribution in [0.4, 0.5) is 0 Å². The van der Waals surface area contributed by atoms with Gasteiger partial charge in [0, 0.05) is 27.5 Å². The van der Waals surface area contributed by atoms with E-state index in [2.05, 4.69) is 146 Å². The molecule has 0 saturated heterocycles. The summed E-state index contributed by atoms with van der Waals surface area (Å²) < 4.78 is 6.51. The van der Waals surface area contributed by atoms with Gasteiger partial charge in [0.2, 0.25) is 0 Å². The van der Waals surface area contributed by atoms with Crippen molar-refractivity contribution in [2.75, 3.05) is 0 Å². The maximum Gasteiger partial charge on any atom is 0.164 e. The molecule has 10 aromatic rings. The number of hydrogen-bond donors (Lipinski definition) is 0. The molecule has 0 aliphatic heterocycles. The first-order valence-electron chi connectivity index (χ1n) is 18.2. The van der Waals surface area contributed by atoms with Gasteiger partial charge in [0.1, 0.15) is 11.2 Å². The first kappa shape index (κ1) is 31.6. The quantitative estimate of drug-likeness (QED) is 0.174. The highest BCUT2D eigenvalue weighted by Crippen LogP contribution is 2.39. The van der Waals surface area contributed by atoms with E-state index < -0.39 is 0 Å². The Morgan fingerprint density at radius 3 is 1.83 bits per heavy atom. The molecule has 0 N–H and O–H groups in total. The van der Waals surface area contributed by atoms with E-state index >= 15 is 0 Å². The fourth-order valence-corrected chi connectivity index (χ4v) is 7.53. The molecule has 0 saturated carbocycles. The number of rotatable bonds is 6. The summed E-state index contributed by atoms with van der Waals surface area (Å²) in [4.78, 5) is 15.4. The summed E-state index contributed by atoms with van der Waals surface area (Å²) in [6, 6.07) is 63.5. The van der Waals surface area contributed by atoms with Crippen molar-refractivity contribution >= 4 is 32.7 Å². The van der Waals surface area contributed by atoms with E-state index in [1.807, 2.05) is 42.5 Å². The van der Waals surface area contributed by atoms with Crippen molar-refractivity contribution in [3.63, 3.8) is 0 Å². The van der Waals surface area contributed by atoms with Gasteiger partial charge in [0.15, 0.2) is 17.5 Å². The summed E-state index contributed by atoms with van der Waals surface area (Å²) >= 11 is 0. The zero-order valence-corrected chi connectivity index (χ0v) is 29.6. The van der Waals surface area contributed by atoms with Crippen LogP contribution < -0.4 is 0 Å². The van der Waals surface area contributed by atoms with E-state index in [1.165, 1.54) is 27.5 Å². The fraction of sp³-hybridized carbons (Fsp3) is 0.0200. The Hall–Kier alpha value is -7.17. The molecule has 0 fully saturated rings. The summed E-state index contributed by atoms with van der Waals surface area (Å²) in [6.45, 7) is 2.11. The topological polar surface area (TPSA) is 51.8 Å². The average Bonchev–Trinajstić information content (AvgIpc) is 3.62. The highest BCUT2D eigenvalue weighted by atomic mass is 16.3. The Morgan fingerprint density at radius 2 is 1.00 bits per heavy atom. The number of fused-ring (bicyclic) bond motifs is 4. The van der Waals surface area contributed by atoms with Crippen molar-refractivity contribution in [3.05, 3.63) is 188 Å². The van der Waals surface area contributed by atoms with Gasteiger partial charge in [-0.3, -0.25) is 0 Å². The lowest BCUT2D eigenvalue weighted by Gasteiger charge is -2.13. The highest BCUT2D eigenvalue weighted by molar-refractivity contribution is 6.12. The molecule has 8 aromatic carbocycles. The minimum absolute atomic E-state index is 0.594. The van der Waals surface area contributed by atoms with Crippen LogP contribution in [-0.4, -0.2) is 15.0 Å². The van der Waals surface area contributed by atoms with Gasteiger partial charge in [0.25, 0.3) is 0 Å². The summed E-state index contributed by atoms with van der Waals surface area (Å²) in [5, 5.41) is 4.39. The van der Waals surface area contributed by atoms with Gasteiger partial charge in [0.05, 0.1) is 0 Å². The van der Waals surface area contributed by atoms with Crippen LogP contribution in [0.2, 0.25) is 0 Å². The molecule has 0 amide bonds. The number of hydrogen-bond acceptors (Lipinski definition) is 4. The molecule has 10 rings (SSSR count). The van der Waals surface area contributed by atoms with Crippen molar-refractivity contribution in [1.82, 2.24) is 15.0 Å². The first-order chi connectivity index (χ1) is 26.6. The molecule has 4 heteroatoms. The SMILES string of the molecule is Cc1cccc(-c2ccc3c(c2)oc2cccc(-c4nc(-c5ccccc5)nc(-c5cccc(-c6cc(-c7ccccc7)cc7ccccc67)c5)n4)c23)c1. The smallest absolute Gasteiger partial charge is 0.164 e. The maximum absolute atomic E-state index is 6.51. The zero-order chi connectivity index (χ0) is 36.0. The largest absolute Gasteiger partial charge is 0.456 e. The zero-order valence-electron chi connectivity index (χ0n) is 29.6. The van der Waals surface area contributed by atoms with Crippen LogP contribution in [-0.2, 0) is 0 Å². The van der Waals surface area contributed by atoms with E-state index in [0.29, 0.717) is 17.5 Å². The second-order valence-corrected chi connectivity index (χ2v) is 13.7. The van der Waals surface area contributed by atoms with Gasteiger partial charge in [-0.2, -0.15) is 0 Å². The predicted octanol–water partition coefficient (Wildman–Crippen LogP) is 13.2. The predicted molar refractivity (Wildman–Crippen MR) is 222 cm³/mol. The molecular formula is C50H33N3O. The Balaban J connectivity index is 1.14. The van der Waals surface area contributed by atoms with Gasteiger partial charge in [-0.1, -0.05) is 151 Å². The summed E-state index contributed by atoms with van der Waals surface area (Å²) in [5.74, 6) is 1.82. The van der Waals surface area contributed by atoms with Crippen LogP contribution in [0.25, 0.3) is 100 Å². The number of furan rings is 1. The second kappa shape index (κ2) is 13.1. The van der Waals surface area contributed by atoms with E-state index in [9.17, 15) is 0 Å². The van der Waals surface area contributed by atoms with E-state index in [0.717, 1.165) is 60.9 Å². The maximum atomic E-state index is 6.51. The minimum Gasteiger partial charge on any atom is -0.456 e. The lowest BCUT2D eigenvalue weighted by molar-refractivity contribution is 0.669. The molecule has 0 aliphatic rings. The Kier molecular flexibility index (Phi) is 7.66. The standard InChI is InChI=1S/C50H33N3O/c1-32-13-10-19-35(27-32)36-25-26-42-46(31-36)54-45-24-12-23-43(47(42)45)50-52-48(34-16-6-3-7-17-34)51-49(53-50)39-21-11-20-38(28-39)44-30-40(33-14-4-2-5-15-33)29-37-18-8-9-22-41(37)44/h2-31H,1H3. The molecule has 2 heterocycles. The van der Waals surface area contributed by atoms with Crippen LogP contribution in [0.15, 0.2) is 186 Å². The molecule has 4 nitrogen and oxygen atoms in total. The lowest BCUT2D eigenvalue weighted by atomic mass is 9.92. The van der Waals surface area contributed by atoms with Crippen LogP contribution in [0.3, 0.4) is 0 Å². The number of aryl methyl sites for hydroxylation is 1. The second-order valence-electron chi connectivity index (χ2n) is 13.7.